The maximum absolute atomic E-state index is 13.6. The SMILES string of the molecule is COc1ccc(C#Cc2cnc3c(c2)C(=O)N([C@@H](C)CO)C[C@@H](C)[C@@H](CN(C)CC2CCOCC2)O3)cc1. The third kappa shape index (κ3) is 7.04. The van der Waals surface area contributed by atoms with E-state index in [2.05, 4.69) is 35.7 Å². The normalized spacial score (nSPS) is 21.0. The van der Waals surface area contributed by atoms with E-state index in [1.54, 1.807) is 24.3 Å². The molecule has 1 amide bonds. The Morgan fingerprint density at radius 3 is 2.58 bits per heavy atom. The Kier molecular flexibility index (Phi) is 9.62. The minimum Gasteiger partial charge on any atom is -0.497 e. The number of methoxy groups -OCH3 is 1. The predicted molar refractivity (Wildman–Crippen MR) is 145 cm³/mol. The topological polar surface area (TPSA) is 84.4 Å². The van der Waals surface area contributed by atoms with Crippen LogP contribution in [0.1, 0.15) is 48.2 Å². The molecule has 38 heavy (non-hydrogen) atoms. The highest BCUT2D eigenvalue weighted by molar-refractivity contribution is 5.97. The van der Waals surface area contributed by atoms with Crippen molar-refractivity contribution in [2.45, 2.75) is 38.8 Å². The van der Waals surface area contributed by atoms with Crippen LogP contribution in [-0.2, 0) is 4.74 Å². The van der Waals surface area contributed by atoms with E-state index < -0.39 is 0 Å². The van der Waals surface area contributed by atoms with Gasteiger partial charge in [-0.3, -0.25) is 4.79 Å². The highest BCUT2D eigenvalue weighted by atomic mass is 16.5. The van der Waals surface area contributed by atoms with Gasteiger partial charge in [-0.2, -0.15) is 0 Å². The summed E-state index contributed by atoms with van der Waals surface area (Å²) in [7, 11) is 3.75. The quantitative estimate of drug-likeness (QED) is 0.561. The van der Waals surface area contributed by atoms with Crippen LogP contribution in [0.4, 0.5) is 0 Å². The number of pyridine rings is 1. The molecule has 1 aromatic carbocycles. The van der Waals surface area contributed by atoms with Crippen molar-refractivity contribution in [3.63, 3.8) is 0 Å². The zero-order valence-electron chi connectivity index (χ0n) is 22.9. The maximum atomic E-state index is 13.6. The molecule has 2 aliphatic rings. The number of fused-ring (bicyclic) bond motifs is 1. The number of hydrogen-bond donors (Lipinski definition) is 1. The van der Waals surface area contributed by atoms with Gasteiger partial charge in [0.1, 0.15) is 17.4 Å². The van der Waals surface area contributed by atoms with Gasteiger partial charge in [-0.15, -0.1) is 0 Å². The van der Waals surface area contributed by atoms with E-state index in [1.165, 1.54) is 0 Å². The molecule has 204 valence electrons. The molecule has 0 saturated carbocycles. The van der Waals surface area contributed by atoms with Crippen LogP contribution in [0.2, 0.25) is 0 Å². The number of nitrogens with zero attached hydrogens (tertiary/aromatic N) is 3. The van der Waals surface area contributed by atoms with Crippen molar-refractivity contribution in [3.05, 3.63) is 53.2 Å². The number of ether oxygens (including phenoxy) is 3. The first-order valence-corrected chi connectivity index (χ1v) is 13.4. The molecule has 1 aromatic heterocycles. The third-order valence-corrected chi connectivity index (χ3v) is 7.36. The lowest BCUT2D eigenvalue weighted by atomic mass is 9.97. The first-order valence-electron chi connectivity index (χ1n) is 13.4. The van der Waals surface area contributed by atoms with E-state index in [0.29, 0.717) is 36.0 Å². The number of carbonyl (C=O) groups is 1. The lowest BCUT2D eigenvalue weighted by Gasteiger charge is -2.38. The predicted octanol–water partition coefficient (Wildman–Crippen LogP) is 3.07. The zero-order valence-corrected chi connectivity index (χ0v) is 22.9. The molecular weight excluding hydrogens is 482 g/mol. The summed E-state index contributed by atoms with van der Waals surface area (Å²) in [4.78, 5) is 22.2. The molecule has 3 atom stereocenters. The second-order valence-corrected chi connectivity index (χ2v) is 10.5. The second-order valence-electron chi connectivity index (χ2n) is 10.5. The Morgan fingerprint density at radius 2 is 1.89 bits per heavy atom. The first-order chi connectivity index (χ1) is 18.4. The molecule has 1 saturated heterocycles. The monoisotopic (exact) mass is 521 g/mol. The first kappa shape index (κ1) is 27.9. The van der Waals surface area contributed by atoms with Gasteiger partial charge in [-0.25, -0.2) is 4.98 Å². The Balaban J connectivity index is 1.58. The smallest absolute Gasteiger partial charge is 0.259 e. The summed E-state index contributed by atoms with van der Waals surface area (Å²) in [5.74, 6) is 7.77. The Bertz CT molecular complexity index is 1140. The number of hydrogen-bond acceptors (Lipinski definition) is 7. The minimum atomic E-state index is -0.328. The average Bonchev–Trinajstić information content (AvgIpc) is 2.94. The van der Waals surface area contributed by atoms with Gasteiger partial charge >= 0.3 is 0 Å². The highest BCUT2D eigenvalue weighted by Crippen LogP contribution is 2.28. The number of likely N-dealkylation sites (N-methyl/N-ethyl adjacent to an activating group) is 1. The lowest BCUT2D eigenvalue weighted by Crippen LogP contribution is -2.50. The van der Waals surface area contributed by atoms with Crippen LogP contribution in [-0.4, -0.2) is 91.6 Å². The van der Waals surface area contributed by atoms with Gasteiger partial charge in [0.15, 0.2) is 0 Å². The molecule has 1 fully saturated rings. The zero-order chi connectivity index (χ0) is 27.1. The van der Waals surface area contributed by atoms with Crippen LogP contribution in [0, 0.1) is 23.7 Å². The summed E-state index contributed by atoms with van der Waals surface area (Å²) in [6.45, 7) is 7.67. The molecule has 3 heterocycles. The van der Waals surface area contributed by atoms with Crippen molar-refractivity contribution in [1.82, 2.24) is 14.8 Å². The molecule has 1 N–H and O–H groups in total. The average molecular weight is 522 g/mol. The van der Waals surface area contributed by atoms with Gasteiger partial charge < -0.3 is 29.1 Å². The molecule has 8 nitrogen and oxygen atoms in total. The van der Waals surface area contributed by atoms with E-state index in [9.17, 15) is 9.90 Å². The van der Waals surface area contributed by atoms with Gasteiger partial charge in [0.2, 0.25) is 5.88 Å². The molecular formula is C30H39N3O5. The standard InChI is InChI=1S/C30H39N3O5/c1-21-17-33(22(2)20-34)30(35)27-15-25(6-5-23-7-9-26(36-4)10-8-23)16-31-29(27)38-28(21)19-32(3)18-24-11-13-37-14-12-24/h7-10,15-16,21-22,24,28,34H,11-14,17-20H2,1-4H3/t21-,22+,28-/m1/s1. The Morgan fingerprint density at radius 1 is 1.18 bits per heavy atom. The third-order valence-electron chi connectivity index (χ3n) is 7.36. The number of aromatic nitrogens is 1. The molecule has 8 heteroatoms. The van der Waals surface area contributed by atoms with Crippen LogP contribution >= 0.6 is 0 Å². The number of aliphatic hydroxyl groups excluding tert-OH is 1. The van der Waals surface area contributed by atoms with E-state index >= 15 is 0 Å². The van der Waals surface area contributed by atoms with Crippen molar-refractivity contribution < 1.29 is 24.1 Å². The van der Waals surface area contributed by atoms with Crippen LogP contribution in [0.25, 0.3) is 0 Å². The summed E-state index contributed by atoms with van der Waals surface area (Å²) >= 11 is 0. The summed E-state index contributed by atoms with van der Waals surface area (Å²) in [6.07, 6.45) is 3.64. The fourth-order valence-corrected chi connectivity index (χ4v) is 4.96. The van der Waals surface area contributed by atoms with Crippen LogP contribution < -0.4 is 9.47 Å². The Hall–Kier alpha value is -3.12. The maximum Gasteiger partial charge on any atom is 0.259 e. The van der Waals surface area contributed by atoms with Crippen molar-refractivity contribution in [2.75, 3.05) is 53.6 Å². The van der Waals surface area contributed by atoms with Gasteiger partial charge in [-0.05, 0) is 63.1 Å². The van der Waals surface area contributed by atoms with Gasteiger partial charge in [0.05, 0.1) is 19.8 Å². The van der Waals surface area contributed by atoms with E-state index in [-0.39, 0.29) is 30.6 Å². The number of rotatable bonds is 7. The van der Waals surface area contributed by atoms with Crippen LogP contribution in [0.15, 0.2) is 36.5 Å². The highest BCUT2D eigenvalue weighted by Gasteiger charge is 2.34. The van der Waals surface area contributed by atoms with Crippen molar-refractivity contribution in [1.29, 1.82) is 0 Å². The largest absolute Gasteiger partial charge is 0.497 e. The fraction of sp³-hybridized carbons (Fsp3) is 0.533. The summed E-state index contributed by atoms with van der Waals surface area (Å²) in [6, 6.07) is 8.90. The lowest BCUT2D eigenvalue weighted by molar-refractivity contribution is 0.0254. The Labute approximate surface area is 225 Å². The van der Waals surface area contributed by atoms with Gasteiger partial charge in [0.25, 0.3) is 5.91 Å². The second kappa shape index (κ2) is 13.1. The molecule has 2 aromatic rings. The van der Waals surface area contributed by atoms with E-state index in [0.717, 1.165) is 43.9 Å². The molecule has 4 rings (SSSR count). The van der Waals surface area contributed by atoms with Crippen LogP contribution in [0.5, 0.6) is 11.6 Å². The van der Waals surface area contributed by atoms with Crippen molar-refractivity contribution in [3.8, 4) is 23.5 Å². The summed E-state index contributed by atoms with van der Waals surface area (Å²) in [5, 5.41) is 9.91. The van der Waals surface area contributed by atoms with Crippen molar-refractivity contribution >= 4 is 5.91 Å². The molecule has 2 aliphatic heterocycles. The summed E-state index contributed by atoms with van der Waals surface area (Å²) in [5.41, 5.74) is 1.82. The summed E-state index contributed by atoms with van der Waals surface area (Å²) < 4.78 is 17.1. The van der Waals surface area contributed by atoms with Crippen LogP contribution in [0.3, 0.4) is 0 Å². The van der Waals surface area contributed by atoms with E-state index in [1.807, 2.05) is 31.2 Å². The molecule has 0 spiro atoms. The van der Waals surface area contributed by atoms with Gasteiger partial charge in [0, 0.05) is 56.1 Å². The van der Waals surface area contributed by atoms with E-state index in [4.69, 9.17) is 14.2 Å². The van der Waals surface area contributed by atoms with Crippen molar-refractivity contribution in [2.24, 2.45) is 11.8 Å². The number of aliphatic hydroxyl groups is 1. The molecule has 0 radical (unpaired) electrons. The molecule has 0 bridgehead atoms. The number of benzene rings is 1. The molecule has 0 aliphatic carbocycles. The molecule has 0 unspecified atom stereocenters. The number of carbonyl (C=O) groups excluding carboxylic acids is 1. The van der Waals surface area contributed by atoms with Gasteiger partial charge in [-0.1, -0.05) is 18.8 Å². The fourth-order valence-electron chi connectivity index (χ4n) is 4.96. The minimum absolute atomic E-state index is 0.0505. The number of amides is 1.